The summed E-state index contributed by atoms with van der Waals surface area (Å²) in [5, 5.41) is 2.99. The van der Waals surface area contributed by atoms with Gasteiger partial charge in [-0.2, -0.15) is 0 Å². The van der Waals surface area contributed by atoms with Gasteiger partial charge in [-0.25, -0.2) is 13.1 Å². The van der Waals surface area contributed by atoms with Gasteiger partial charge in [0.05, 0.1) is 17.5 Å². The lowest BCUT2D eigenvalue weighted by Gasteiger charge is -2.31. The molecule has 1 amide bonds. The molecule has 1 fully saturated rings. The van der Waals surface area contributed by atoms with Crippen LogP contribution in [0.25, 0.3) is 0 Å². The van der Waals surface area contributed by atoms with Crippen LogP contribution in [-0.2, 0) is 30.7 Å². The molecule has 0 saturated carbocycles. The first-order valence-corrected chi connectivity index (χ1v) is 9.37. The van der Waals surface area contributed by atoms with Crippen molar-refractivity contribution in [2.75, 3.05) is 27.4 Å². The molecule has 0 bridgehead atoms. The Morgan fingerprint density at radius 3 is 2.67 bits per heavy atom. The van der Waals surface area contributed by atoms with Crippen LogP contribution in [-0.4, -0.2) is 53.8 Å². The Morgan fingerprint density at radius 2 is 2.04 bits per heavy atom. The number of nitrogens with one attached hydrogen (secondary N) is 2. The minimum atomic E-state index is -3.43. The molecule has 1 heterocycles. The molecule has 7 nitrogen and oxygen atoms in total. The largest absolute Gasteiger partial charge is 0.379 e. The fourth-order valence-corrected chi connectivity index (χ4v) is 3.33. The molecule has 0 spiro atoms. The molecule has 8 heteroatoms. The molecule has 2 rings (SSSR count). The first-order chi connectivity index (χ1) is 11.5. The van der Waals surface area contributed by atoms with Gasteiger partial charge in [0.1, 0.15) is 6.10 Å². The maximum absolute atomic E-state index is 12.1. The third kappa shape index (κ3) is 5.01. The van der Waals surface area contributed by atoms with Crippen molar-refractivity contribution in [1.29, 1.82) is 0 Å². The number of benzene rings is 1. The number of hydrogen-bond acceptors (Lipinski definition) is 5. The molecule has 1 aliphatic rings. The van der Waals surface area contributed by atoms with E-state index >= 15 is 0 Å². The summed E-state index contributed by atoms with van der Waals surface area (Å²) in [6.45, 7) is 1.11. The lowest BCUT2D eigenvalue weighted by atomic mass is 10.0. The van der Waals surface area contributed by atoms with Gasteiger partial charge in [-0.15, -0.1) is 0 Å². The predicted octanol–water partition coefficient (Wildman–Crippen LogP) is 0.447. The second kappa shape index (κ2) is 8.57. The van der Waals surface area contributed by atoms with Gasteiger partial charge in [-0.3, -0.25) is 4.79 Å². The molecule has 1 aromatic rings. The van der Waals surface area contributed by atoms with Gasteiger partial charge < -0.3 is 14.8 Å². The van der Waals surface area contributed by atoms with Crippen molar-refractivity contribution in [1.82, 2.24) is 10.0 Å². The van der Waals surface area contributed by atoms with E-state index in [1.54, 1.807) is 31.4 Å². The fourth-order valence-electron chi connectivity index (χ4n) is 2.60. The summed E-state index contributed by atoms with van der Waals surface area (Å²) in [6, 6.07) is 6.50. The topological polar surface area (TPSA) is 93.7 Å². The van der Waals surface area contributed by atoms with Crippen LogP contribution in [0.5, 0.6) is 0 Å². The van der Waals surface area contributed by atoms with Crippen molar-refractivity contribution >= 4 is 15.9 Å². The van der Waals surface area contributed by atoms with Crippen LogP contribution in [0.3, 0.4) is 0 Å². The Morgan fingerprint density at radius 1 is 1.33 bits per heavy atom. The van der Waals surface area contributed by atoms with Gasteiger partial charge in [-0.05, 0) is 37.6 Å². The number of aryl methyl sites for hydroxylation is 1. The van der Waals surface area contributed by atoms with Gasteiger partial charge in [0, 0.05) is 20.1 Å². The van der Waals surface area contributed by atoms with Crippen LogP contribution in [0.1, 0.15) is 18.4 Å². The average molecular weight is 356 g/mol. The number of methoxy groups -OCH3 is 1. The number of carbonyl (C=O) groups is 1. The molecule has 2 N–H and O–H groups in total. The summed E-state index contributed by atoms with van der Waals surface area (Å²) in [5.41, 5.74) is 0.912. The Hall–Kier alpha value is -1.48. The zero-order chi connectivity index (χ0) is 17.6. The van der Waals surface area contributed by atoms with Crippen molar-refractivity contribution in [2.45, 2.75) is 36.3 Å². The van der Waals surface area contributed by atoms with Crippen molar-refractivity contribution in [3.8, 4) is 0 Å². The van der Waals surface area contributed by atoms with Crippen LogP contribution >= 0.6 is 0 Å². The van der Waals surface area contributed by atoms with E-state index in [-0.39, 0.29) is 22.9 Å². The van der Waals surface area contributed by atoms with Crippen LogP contribution in [0.2, 0.25) is 0 Å². The monoisotopic (exact) mass is 356 g/mol. The third-order valence-corrected chi connectivity index (χ3v) is 5.53. The summed E-state index contributed by atoms with van der Waals surface area (Å²) in [6.07, 6.45) is 1.51. The van der Waals surface area contributed by atoms with Gasteiger partial charge in [0.15, 0.2) is 0 Å². The highest BCUT2D eigenvalue weighted by molar-refractivity contribution is 7.89. The number of sulfonamides is 1. The van der Waals surface area contributed by atoms with Crippen molar-refractivity contribution < 1.29 is 22.7 Å². The lowest BCUT2D eigenvalue weighted by molar-refractivity contribution is -0.125. The standard InChI is InChI=1S/C16H24N2O5S/c1-17-24(20,21)13-6-3-12(4-7-13)5-8-16(19)18-14-9-10-23-11-15(14)22-2/h3-4,6-7,14-15,17H,5,8-11H2,1-2H3,(H,18,19). The van der Waals surface area contributed by atoms with E-state index in [1.165, 1.54) is 7.05 Å². The fraction of sp³-hybridized carbons (Fsp3) is 0.562. The highest BCUT2D eigenvalue weighted by atomic mass is 32.2. The van der Waals surface area contributed by atoms with Gasteiger partial charge >= 0.3 is 0 Å². The molecule has 0 aliphatic carbocycles. The molecule has 24 heavy (non-hydrogen) atoms. The van der Waals surface area contributed by atoms with Gasteiger partial charge in [0.25, 0.3) is 0 Å². The maximum Gasteiger partial charge on any atom is 0.240 e. The van der Waals surface area contributed by atoms with Crippen LogP contribution in [0.15, 0.2) is 29.2 Å². The number of rotatable bonds is 7. The minimum absolute atomic E-state index is 0.0283. The van der Waals surface area contributed by atoms with Crippen molar-refractivity contribution in [3.05, 3.63) is 29.8 Å². The Kier molecular flexibility index (Phi) is 6.73. The molecular formula is C16H24N2O5S. The molecule has 0 radical (unpaired) electrons. The first-order valence-electron chi connectivity index (χ1n) is 7.88. The van der Waals surface area contributed by atoms with Crippen LogP contribution in [0.4, 0.5) is 0 Å². The number of hydrogen-bond donors (Lipinski definition) is 2. The van der Waals surface area contributed by atoms with Gasteiger partial charge in [-0.1, -0.05) is 12.1 Å². The Bertz CT molecular complexity index is 645. The smallest absolute Gasteiger partial charge is 0.240 e. The zero-order valence-corrected chi connectivity index (χ0v) is 14.8. The first kappa shape index (κ1) is 18.9. The summed E-state index contributed by atoms with van der Waals surface area (Å²) in [7, 11) is -0.447. The van der Waals surface area contributed by atoms with E-state index in [9.17, 15) is 13.2 Å². The van der Waals surface area contributed by atoms with Crippen molar-refractivity contribution in [3.63, 3.8) is 0 Å². The van der Waals surface area contributed by atoms with E-state index in [1.807, 2.05) is 0 Å². The summed E-state index contributed by atoms with van der Waals surface area (Å²) < 4.78 is 36.2. The third-order valence-electron chi connectivity index (χ3n) is 4.10. The summed E-state index contributed by atoms with van der Waals surface area (Å²) in [5.74, 6) is -0.0455. The number of amides is 1. The van der Waals surface area contributed by atoms with E-state index in [2.05, 4.69) is 10.0 Å². The molecule has 2 atom stereocenters. The second-order valence-electron chi connectivity index (χ2n) is 5.66. The normalized spacial score (nSPS) is 21.4. The summed E-state index contributed by atoms with van der Waals surface area (Å²) >= 11 is 0. The van der Waals surface area contributed by atoms with Crippen LogP contribution in [0, 0.1) is 0 Å². The molecule has 2 unspecified atom stereocenters. The van der Waals surface area contributed by atoms with Crippen LogP contribution < -0.4 is 10.0 Å². The second-order valence-corrected chi connectivity index (χ2v) is 7.55. The molecule has 1 saturated heterocycles. The zero-order valence-electron chi connectivity index (χ0n) is 13.9. The van der Waals surface area contributed by atoms with E-state index in [0.29, 0.717) is 26.1 Å². The molecular weight excluding hydrogens is 332 g/mol. The molecule has 0 aromatic heterocycles. The highest BCUT2D eigenvalue weighted by Crippen LogP contribution is 2.13. The number of ether oxygens (including phenoxy) is 2. The number of carbonyl (C=O) groups excluding carboxylic acids is 1. The Balaban J connectivity index is 1.85. The quantitative estimate of drug-likeness (QED) is 0.740. The lowest BCUT2D eigenvalue weighted by Crippen LogP contribution is -2.49. The molecule has 134 valence electrons. The molecule has 1 aliphatic heterocycles. The highest BCUT2D eigenvalue weighted by Gasteiger charge is 2.26. The van der Waals surface area contributed by atoms with Gasteiger partial charge in [0.2, 0.25) is 15.9 Å². The minimum Gasteiger partial charge on any atom is -0.379 e. The predicted molar refractivity (Wildman–Crippen MR) is 89.2 cm³/mol. The molecule has 1 aromatic carbocycles. The van der Waals surface area contributed by atoms with E-state index < -0.39 is 10.0 Å². The van der Waals surface area contributed by atoms with E-state index in [0.717, 1.165) is 12.0 Å². The van der Waals surface area contributed by atoms with E-state index in [4.69, 9.17) is 9.47 Å². The summed E-state index contributed by atoms with van der Waals surface area (Å²) in [4.78, 5) is 12.3. The average Bonchev–Trinajstić information content (AvgIpc) is 2.61. The SMILES string of the molecule is CNS(=O)(=O)c1ccc(CCC(=O)NC2CCOCC2OC)cc1. The maximum atomic E-state index is 12.1. The Labute approximate surface area is 142 Å². The van der Waals surface area contributed by atoms with Crippen molar-refractivity contribution in [2.24, 2.45) is 0 Å².